The van der Waals surface area contributed by atoms with Gasteiger partial charge in [-0.05, 0) is 20.3 Å². The average Bonchev–Trinajstić information content (AvgIpc) is 1.82. The fourth-order valence-electron chi connectivity index (χ4n) is 0.455. The normalized spacial score (nSPS) is 11.7. The summed E-state index contributed by atoms with van der Waals surface area (Å²) in [6.45, 7) is 7.94. The van der Waals surface area contributed by atoms with Crippen molar-refractivity contribution in [2.75, 3.05) is 6.61 Å². The van der Waals surface area contributed by atoms with Gasteiger partial charge >= 0.3 is 0 Å². The molecule has 0 radical (unpaired) electrons. The molecular weight excluding hydrogens is 112 g/mol. The molecule has 0 spiro atoms. The topological polar surface area (TPSA) is 20.2 Å². The summed E-state index contributed by atoms with van der Waals surface area (Å²) in [5.41, 5.74) is 2.24. The molecule has 0 aliphatic carbocycles. The molecule has 0 amide bonds. The summed E-state index contributed by atoms with van der Waals surface area (Å²) in [6.07, 6.45) is 2.72. The van der Waals surface area contributed by atoms with E-state index in [1.165, 1.54) is 5.57 Å². The van der Waals surface area contributed by atoms with Crippen molar-refractivity contribution in [3.05, 3.63) is 23.8 Å². The van der Waals surface area contributed by atoms with Crippen molar-refractivity contribution in [2.45, 2.75) is 20.3 Å². The minimum atomic E-state index is 0.227. The van der Waals surface area contributed by atoms with E-state index in [-0.39, 0.29) is 6.61 Å². The van der Waals surface area contributed by atoms with Gasteiger partial charge in [0.05, 0.1) is 0 Å². The first-order valence-electron chi connectivity index (χ1n) is 3.12. The Balaban J connectivity index is 3.69. The number of aliphatic hydroxyl groups is 1. The van der Waals surface area contributed by atoms with Crippen LogP contribution >= 0.6 is 0 Å². The van der Waals surface area contributed by atoms with Crippen LogP contribution in [-0.2, 0) is 0 Å². The van der Waals surface area contributed by atoms with Crippen molar-refractivity contribution in [3.63, 3.8) is 0 Å². The molecule has 0 unspecified atom stereocenters. The average molecular weight is 126 g/mol. The summed E-state index contributed by atoms with van der Waals surface area (Å²) in [6, 6.07) is 0. The molecule has 0 aliphatic rings. The highest BCUT2D eigenvalue weighted by Gasteiger charge is 1.85. The van der Waals surface area contributed by atoms with Gasteiger partial charge in [-0.25, -0.2) is 0 Å². The van der Waals surface area contributed by atoms with Gasteiger partial charge in [-0.3, -0.25) is 0 Å². The maximum atomic E-state index is 8.42. The first-order valence-corrected chi connectivity index (χ1v) is 3.12. The molecule has 52 valence electrons. The summed E-state index contributed by atoms with van der Waals surface area (Å²) in [5, 5.41) is 8.42. The third-order valence-electron chi connectivity index (χ3n) is 1.25. The van der Waals surface area contributed by atoms with Crippen LogP contribution in [0.4, 0.5) is 0 Å². The van der Waals surface area contributed by atoms with Crippen LogP contribution in [0.2, 0.25) is 0 Å². The summed E-state index contributed by atoms with van der Waals surface area (Å²) in [5.74, 6) is 0. The van der Waals surface area contributed by atoms with Crippen LogP contribution in [0.3, 0.4) is 0 Å². The van der Waals surface area contributed by atoms with Gasteiger partial charge in [-0.2, -0.15) is 0 Å². The Hall–Kier alpha value is -0.560. The fraction of sp³-hybridized carbons (Fsp3) is 0.500. The lowest BCUT2D eigenvalue weighted by molar-refractivity contribution is 0.302. The van der Waals surface area contributed by atoms with Crippen LogP contribution in [0.25, 0.3) is 0 Å². The van der Waals surface area contributed by atoms with Crippen molar-refractivity contribution in [1.29, 1.82) is 0 Å². The molecule has 0 rings (SSSR count). The second kappa shape index (κ2) is 4.33. The van der Waals surface area contributed by atoms with E-state index in [1.807, 2.05) is 19.9 Å². The van der Waals surface area contributed by atoms with E-state index in [9.17, 15) is 0 Å². The molecule has 0 aromatic heterocycles. The lowest BCUT2D eigenvalue weighted by atomic mass is 10.1. The first-order chi connectivity index (χ1) is 4.18. The lowest BCUT2D eigenvalue weighted by Crippen LogP contribution is -1.80. The highest BCUT2D eigenvalue weighted by Crippen LogP contribution is 2.04. The van der Waals surface area contributed by atoms with Crippen molar-refractivity contribution in [3.8, 4) is 0 Å². The largest absolute Gasteiger partial charge is 0.396 e. The maximum Gasteiger partial charge on any atom is 0.0465 e. The van der Waals surface area contributed by atoms with Gasteiger partial charge in [-0.1, -0.05) is 23.8 Å². The molecule has 0 heterocycles. The van der Waals surface area contributed by atoms with E-state index < -0.39 is 0 Å². The van der Waals surface area contributed by atoms with Crippen molar-refractivity contribution in [2.24, 2.45) is 0 Å². The van der Waals surface area contributed by atoms with Crippen LogP contribution in [0.5, 0.6) is 0 Å². The fourth-order valence-corrected chi connectivity index (χ4v) is 0.455. The summed E-state index contributed by atoms with van der Waals surface area (Å²) < 4.78 is 0. The van der Waals surface area contributed by atoms with E-state index in [0.29, 0.717) is 0 Å². The molecule has 1 heteroatoms. The quantitative estimate of drug-likeness (QED) is 0.572. The Morgan fingerprint density at radius 2 is 2.11 bits per heavy atom. The summed E-state index contributed by atoms with van der Waals surface area (Å²) >= 11 is 0. The Labute approximate surface area is 56.7 Å². The minimum Gasteiger partial charge on any atom is -0.396 e. The molecule has 0 saturated carbocycles. The number of hydrogen-bond acceptors (Lipinski definition) is 1. The van der Waals surface area contributed by atoms with Gasteiger partial charge < -0.3 is 5.11 Å². The van der Waals surface area contributed by atoms with Gasteiger partial charge in [0.15, 0.2) is 0 Å². The highest BCUT2D eigenvalue weighted by molar-refractivity contribution is 5.23. The minimum absolute atomic E-state index is 0.227. The molecular formula is C8H14O. The van der Waals surface area contributed by atoms with Crippen LogP contribution in [0.1, 0.15) is 20.3 Å². The molecule has 0 saturated heterocycles. The maximum absolute atomic E-state index is 8.42. The molecule has 1 nitrogen and oxygen atoms in total. The van der Waals surface area contributed by atoms with Crippen LogP contribution in [0, 0.1) is 0 Å². The predicted octanol–water partition coefficient (Wildman–Crippen LogP) is 1.89. The van der Waals surface area contributed by atoms with E-state index in [1.54, 1.807) is 0 Å². The number of hydrogen-bond donors (Lipinski definition) is 1. The summed E-state index contributed by atoms with van der Waals surface area (Å²) in [7, 11) is 0. The molecule has 0 aliphatic heterocycles. The zero-order valence-electron chi connectivity index (χ0n) is 6.15. The zero-order valence-corrected chi connectivity index (χ0v) is 6.15. The molecule has 0 aromatic carbocycles. The van der Waals surface area contributed by atoms with E-state index in [2.05, 4.69) is 6.58 Å². The van der Waals surface area contributed by atoms with Gasteiger partial charge in [0.2, 0.25) is 0 Å². The monoisotopic (exact) mass is 126 g/mol. The molecule has 0 bridgehead atoms. The Kier molecular flexibility index (Phi) is 4.06. The Morgan fingerprint density at radius 3 is 2.44 bits per heavy atom. The zero-order chi connectivity index (χ0) is 7.28. The van der Waals surface area contributed by atoms with Crippen LogP contribution in [-0.4, -0.2) is 11.7 Å². The standard InChI is InChI=1S/C8H14O/c1-7(2)8(3)5-4-6-9/h5,9H,1,4,6H2,2-3H3/b8-5+. The predicted molar refractivity (Wildman–Crippen MR) is 40.3 cm³/mol. The van der Waals surface area contributed by atoms with Crippen molar-refractivity contribution < 1.29 is 5.11 Å². The third-order valence-corrected chi connectivity index (χ3v) is 1.25. The van der Waals surface area contributed by atoms with Gasteiger partial charge in [0, 0.05) is 6.61 Å². The third kappa shape index (κ3) is 3.98. The van der Waals surface area contributed by atoms with E-state index in [4.69, 9.17) is 5.11 Å². The van der Waals surface area contributed by atoms with Gasteiger partial charge in [0.25, 0.3) is 0 Å². The van der Waals surface area contributed by atoms with Crippen molar-refractivity contribution in [1.82, 2.24) is 0 Å². The molecule has 9 heavy (non-hydrogen) atoms. The smallest absolute Gasteiger partial charge is 0.0465 e. The van der Waals surface area contributed by atoms with Gasteiger partial charge in [-0.15, -0.1) is 0 Å². The van der Waals surface area contributed by atoms with Gasteiger partial charge in [0.1, 0.15) is 0 Å². The second-order valence-electron chi connectivity index (χ2n) is 2.18. The SMILES string of the molecule is C=C(C)/C(C)=C/CCO. The molecule has 0 fully saturated rings. The second-order valence-corrected chi connectivity index (χ2v) is 2.18. The summed E-state index contributed by atoms with van der Waals surface area (Å²) in [4.78, 5) is 0. The Morgan fingerprint density at radius 1 is 1.56 bits per heavy atom. The lowest BCUT2D eigenvalue weighted by Gasteiger charge is -1.95. The Bertz CT molecular complexity index is 123. The molecule has 0 atom stereocenters. The number of aliphatic hydroxyl groups excluding tert-OH is 1. The van der Waals surface area contributed by atoms with Crippen LogP contribution in [0.15, 0.2) is 23.8 Å². The van der Waals surface area contributed by atoms with Crippen molar-refractivity contribution >= 4 is 0 Å². The molecule has 1 N–H and O–H groups in total. The first kappa shape index (κ1) is 8.44. The van der Waals surface area contributed by atoms with E-state index >= 15 is 0 Å². The highest BCUT2D eigenvalue weighted by atomic mass is 16.2. The number of rotatable bonds is 3. The number of allylic oxidation sites excluding steroid dienone is 2. The van der Waals surface area contributed by atoms with Crippen LogP contribution < -0.4 is 0 Å². The molecule has 0 aromatic rings. The van der Waals surface area contributed by atoms with E-state index in [0.717, 1.165) is 12.0 Å².